The summed E-state index contributed by atoms with van der Waals surface area (Å²) >= 11 is 3.46. The van der Waals surface area contributed by atoms with Gasteiger partial charge in [0.1, 0.15) is 0 Å². The highest BCUT2D eigenvalue weighted by Crippen LogP contribution is 2.26. The third-order valence-corrected chi connectivity index (χ3v) is 2.61. The van der Waals surface area contributed by atoms with Crippen LogP contribution in [0.5, 0.6) is 0 Å². The summed E-state index contributed by atoms with van der Waals surface area (Å²) in [5.74, 6) is 5.04. The van der Waals surface area contributed by atoms with E-state index in [1.54, 1.807) is 0 Å². The maximum absolute atomic E-state index is 5.04. The highest BCUT2D eigenvalue weighted by molar-refractivity contribution is 9.10. The fraction of sp³-hybridized carbons (Fsp3) is 0.111. The van der Waals surface area contributed by atoms with Crippen LogP contribution in [0.2, 0.25) is 0 Å². The van der Waals surface area contributed by atoms with Crippen LogP contribution in [0.4, 0.5) is 0 Å². The second-order valence-corrected chi connectivity index (χ2v) is 3.64. The standard InChI is InChI=1S/C9H9BrN2O/c10-7-4-12-8-3-1-2-6(5-13-11)9(7)8/h1-4,12H,5,11H2. The fourth-order valence-corrected chi connectivity index (χ4v) is 2.01. The van der Waals surface area contributed by atoms with Crippen LogP contribution in [0.15, 0.2) is 28.9 Å². The molecule has 0 saturated heterocycles. The molecule has 1 aromatic heterocycles. The predicted octanol–water partition coefficient (Wildman–Crippen LogP) is 2.32. The molecule has 0 aliphatic rings. The van der Waals surface area contributed by atoms with Gasteiger partial charge in [-0.25, -0.2) is 5.90 Å². The number of H-pyrrole nitrogens is 1. The molecule has 0 unspecified atom stereocenters. The lowest BCUT2D eigenvalue weighted by Gasteiger charge is -2.01. The van der Waals surface area contributed by atoms with Crippen molar-refractivity contribution in [1.29, 1.82) is 0 Å². The molecular weight excluding hydrogens is 232 g/mol. The van der Waals surface area contributed by atoms with Crippen molar-refractivity contribution < 1.29 is 4.84 Å². The minimum Gasteiger partial charge on any atom is -0.360 e. The molecule has 4 heteroatoms. The van der Waals surface area contributed by atoms with Gasteiger partial charge < -0.3 is 4.98 Å². The summed E-state index contributed by atoms with van der Waals surface area (Å²) in [4.78, 5) is 7.77. The molecule has 0 aliphatic carbocycles. The molecule has 1 heterocycles. The lowest BCUT2D eigenvalue weighted by Crippen LogP contribution is -1.98. The van der Waals surface area contributed by atoms with Crippen LogP contribution in [-0.4, -0.2) is 4.98 Å². The molecule has 1 aromatic carbocycles. The number of aromatic nitrogens is 1. The number of rotatable bonds is 2. The lowest BCUT2D eigenvalue weighted by molar-refractivity contribution is 0.125. The Bertz CT molecular complexity index is 424. The normalized spacial score (nSPS) is 10.9. The average molecular weight is 241 g/mol. The summed E-state index contributed by atoms with van der Waals surface area (Å²) in [7, 11) is 0. The summed E-state index contributed by atoms with van der Waals surface area (Å²) in [5, 5.41) is 1.13. The van der Waals surface area contributed by atoms with Gasteiger partial charge in [-0.2, -0.15) is 0 Å². The van der Waals surface area contributed by atoms with Gasteiger partial charge in [0, 0.05) is 21.6 Å². The van der Waals surface area contributed by atoms with Gasteiger partial charge >= 0.3 is 0 Å². The van der Waals surface area contributed by atoms with Crippen LogP contribution in [0, 0.1) is 0 Å². The zero-order valence-corrected chi connectivity index (χ0v) is 8.47. The van der Waals surface area contributed by atoms with Crippen molar-refractivity contribution in [3.8, 4) is 0 Å². The summed E-state index contributed by atoms with van der Waals surface area (Å²) in [6, 6.07) is 5.98. The molecule has 0 amide bonds. The Balaban J connectivity index is 2.65. The van der Waals surface area contributed by atoms with E-state index in [-0.39, 0.29) is 0 Å². The predicted molar refractivity (Wildman–Crippen MR) is 55.0 cm³/mol. The number of fused-ring (bicyclic) bond motifs is 1. The largest absolute Gasteiger partial charge is 0.360 e. The minimum absolute atomic E-state index is 0.424. The van der Waals surface area contributed by atoms with Crippen molar-refractivity contribution in [1.82, 2.24) is 4.98 Å². The van der Waals surface area contributed by atoms with Crippen LogP contribution < -0.4 is 5.90 Å². The molecule has 0 atom stereocenters. The Morgan fingerprint density at radius 3 is 3.08 bits per heavy atom. The molecule has 0 saturated carbocycles. The summed E-state index contributed by atoms with van der Waals surface area (Å²) in [6.07, 6.45) is 1.91. The van der Waals surface area contributed by atoms with Crippen LogP contribution in [0.3, 0.4) is 0 Å². The minimum atomic E-state index is 0.424. The first-order chi connectivity index (χ1) is 6.33. The summed E-state index contributed by atoms with van der Waals surface area (Å²) in [6.45, 7) is 0.424. The van der Waals surface area contributed by atoms with E-state index in [9.17, 15) is 0 Å². The Hall–Kier alpha value is -0.840. The van der Waals surface area contributed by atoms with Gasteiger partial charge in [0.05, 0.1) is 6.61 Å². The van der Waals surface area contributed by atoms with E-state index in [1.807, 2.05) is 24.4 Å². The Kier molecular flexibility index (Phi) is 2.35. The Labute approximate surface area is 84.0 Å². The molecule has 0 bridgehead atoms. The van der Waals surface area contributed by atoms with Crippen molar-refractivity contribution >= 4 is 26.8 Å². The number of nitrogens with one attached hydrogen (secondary N) is 1. The van der Waals surface area contributed by atoms with E-state index in [0.29, 0.717) is 6.61 Å². The molecule has 3 N–H and O–H groups in total. The first-order valence-electron chi connectivity index (χ1n) is 3.89. The van der Waals surface area contributed by atoms with Gasteiger partial charge in [-0.1, -0.05) is 12.1 Å². The zero-order valence-electron chi connectivity index (χ0n) is 6.88. The highest BCUT2D eigenvalue weighted by Gasteiger charge is 2.05. The molecule has 0 radical (unpaired) electrons. The van der Waals surface area contributed by atoms with Crippen molar-refractivity contribution in [2.45, 2.75) is 6.61 Å². The summed E-state index contributed by atoms with van der Waals surface area (Å²) < 4.78 is 1.04. The monoisotopic (exact) mass is 240 g/mol. The summed E-state index contributed by atoms with van der Waals surface area (Å²) in [5.41, 5.74) is 2.16. The molecule has 2 rings (SSSR count). The third-order valence-electron chi connectivity index (χ3n) is 1.98. The maximum atomic E-state index is 5.04. The topological polar surface area (TPSA) is 51.0 Å². The van der Waals surface area contributed by atoms with E-state index in [1.165, 1.54) is 0 Å². The molecule has 13 heavy (non-hydrogen) atoms. The molecule has 2 aromatic rings. The molecule has 0 aliphatic heterocycles. The molecule has 0 spiro atoms. The average Bonchev–Trinajstić information content (AvgIpc) is 2.50. The first kappa shape index (κ1) is 8.74. The fourth-order valence-electron chi connectivity index (χ4n) is 1.43. The Morgan fingerprint density at radius 1 is 1.46 bits per heavy atom. The number of benzene rings is 1. The van der Waals surface area contributed by atoms with E-state index in [0.717, 1.165) is 20.9 Å². The van der Waals surface area contributed by atoms with E-state index >= 15 is 0 Å². The highest BCUT2D eigenvalue weighted by atomic mass is 79.9. The molecule has 68 valence electrons. The number of halogens is 1. The van der Waals surface area contributed by atoms with Gasteiger partial charge in [-0.3, -0.25) is 4.84 Å². The second-order valence-electron chi connectivity index (χ2n) is 2.79. The van der Waals surface area contributed by atoms with Crippen LogP contribution >= 0.6 is 15.9 Å². The first-order valence-corrected chi connectivity index (χ1v) is 4.68. The number of aromatic amines is 1. The lowest BCUT2D eigenvalue weighted by atomic mass is 10.1. The van der Waals surface area contributed by atoms with E-state index in [4.69, 9.17) is 5.90 Å². The van der Waals surface area contributed by atoms with Crippen LogP contribution in [0.25, 0.3) is 10.9 Å². The van der Waals surface area contributed by atoms with Crippen molar-refractivity contribution in [3.63, 3.8) is 0 Å². The molecular formula is C9H9BrN2O. The third kappa shape index (κ3) is 1.48. The number of hydrogen-bond acceptors (Lipinski definition) is 2. The SMILES string of the molecule is NOCc1cccc2[nH]cc(Br)c12. The quantitative estimate of drug-likeness (QED) is 0.792. The second kappa shape index (κ2) is 3.49. The van der Waals surface area contributed by atoms with Gasteiger partial charge in [0.15, 0.2) is 0 Å². The number of nitrogens with two attached hydrogens (primary N) is 1. The van der Waals surface area contributed by atoms with Crippen molar-refractivity contribution in [2.24, 2.45) is 5.90 Å². The number of hydrogen-bond donors (Lipinski definition) is 2. The van der Waals surface area contributed by atoms with E-state index in [2.05, 4.69) is 25.8 Å². The van der Waals surface area contributed by atoms with Gasteiger partial charge in [0.2, 0.25) is 0 Å². The van der Waals surface area contributed by atoms with Gasteiger partial charge in [-0.05, 0) is 27.6 Å². The molecule has 0 fully saturated rings. The maximum Gasteiger partial charge on any atom is 0.0937 e. The van der Waals surface area contributed by atoms with E-state index < -0.39 is 0 Å². The Morgan fingerprint density at radius 2 is 2.31 bits per heavy atom. The van der Waals surface area contributed by atoms with Gasteiger partial charge in [0.25, 0.3) is 0 Å². The van der Waals surface area contributed by atoms with Crippen molar-refractivity contribution in [2.75, 3.05) is 0 Å². The van der Waals surface area contributed by atoms with Crippen LogP contribution in [0.1, 0.15) is 5.56 Å². The van der Waals surface area contributed by atoms with Gasteiger partial charge in [-0.15, -0.1) is 0 Å². The smallest absolute Gasteiger partial charge is 0.0937 e. The van der Waals surface area contributed by atoms with Crippen molar-refractivity contribution in [3.05, 3.63) is 34.4 Å². The molecule has 3 nitrogen and oxygen atoms in total. The van der Waals surface area contributed by atoms with Crippen LogP contribution in [-0.2, 0) is 11.4 Å². The zero-order chi connectivity index (χ0) is 9.26.